The Hall–Kier alpha value is -1.87. The summed E-state index contributed by atoms with van der Waals surface area (Å²) < 4.78 is 15.6. The van der Waals surface area contributed by atoms with Crippen LogP contribution in [0.25, 0.3) is 0 Å². The zero-order valence-electron chi connectivity index (χ0n) is 19.0. The van der Waals surface area contributed by atoms with E-state index < -0.39 is 0 Å². The Morgan fingerprint density at radius 2 is 1.60 bits per heavy atom. The van der Waals surface area contributed by atoms with Gasteiger partial charge in [-0.25, -0.2) is 4.79 Å². The Kier molecular flexibility index (Phi) is 16.8. The average Bonchev–Trinajstić information content (AvgIpc) is 3.11. The fraction of sp³-hybridized carbons (Fsp3) is 0.682. The number of esters is 1. The fourth-order valence-electron chi connectivity index (χ4n) is 2.48. The number of nitrogens with one attached hydrogen (secondary N) is 1. The van der Waals surface area contributed by atoms with Gasteiger partial charge in [-0.1, -0.05) is 25.5 Å². The summed E-state index contributed by atoms with van der Waals surface area (Å²) in [5, 5.41) is 3.16. The van der Waals surface area contributed by atoms with E-state index in [0.29, 0.717) is 13.2 Å². The van der Waals surface area contributed by atoms with Crippen LogP contribution in [0, 0.1) is 5.92 Å². The second kappa shape index (κ2) is 17.9. The molecule has 1 N–H and O–H groups in total. The van der Waals surface area contributed by atoms with Crippen molar-refractivity contribution in [1.82, 2.24) is 10.2 Å². The van der Waals surface area contributed by atoms with Gasteiger partial charge in [-0.05, 0) is 20.8 Å². The Morgan fingerprint density at radius 1 is 1.10 bits per heavy atom. The van der Waals surface area contributed by atoms with Crippen molar-refractivity contribution in [2.24, 2.45) is 5.92 Å². The van der Waals surface area contributed by atoms with Gasteiger partial charge in [0.05, 0.1) is 26.4 Å². The molecule has 3 heterocycles. The molecular formula is C22H38N2O6. The summed E-state index contributed by atoms with van der Waals surface area (Å²) in [6, 6.07) is 0. The van der Waals surface area contributed by atoms with Crippen LogP contribution in [0.15, 0.2) is 23.3 Å². The lowest BCUT2D eigenvalue weighted by molar-refractivity contribution is -0.148. The van der Waals surface area contributed by atoms with E-state index in [1.165, 1.54) is 12.5 Å². The first-order chi connectivity index (χ1) is 14.3. The molecule has 1 atom stereocenters. The standard InChI is InChI=1S/C12H17NO3.C4H9NO.C4H8O.C2H4O/c1-9(2)7-10-8-11(14)16-12(10)13-3-5-15-6-4-13;1-3-6-4-2-5-1;1-4(2)3-5;1-2-3/h7-8,12H,3-6H2,1-2H3;5H,1-4H2;3-4H,1-2H3;2H,1H3. The number of cyclic esters (lactones) is 1. The third-order valence-corrected chi connectivity index (χ3v) is 3.75. The second-order valence-corrected chi connectivity index (χ2v) is 7.28. The van der Waals surface area contributed by atoms with E-state index in [2.05, 4.69) is 10.2 Å². The number of nitrogens with zero attached hydrogens (tertiary/aromatic N) is 1. The van der Waals surface area contributed by atoms with Crippen LogP contribution in [0.1, 0.15) is 34.6 Å². The van der Waals surface area contributed by atoms with Crippen LogP contribution in [0.2, 0.25) is 0 Å². The maximum Gasteiger partial charge on any atom is 0.333 e. The molecule has 3 aliphatic heterocycles. The van der Waals surface area contributed by atoms with Crippen LogP contribution in [0.5, 0.6) is 0 Å². The lowest BCUT2D eigenvalue weighted by Crippen LogP contribution is -2.44. The molecule has 1 unspecified atom stereocenters. The highest BCUT2D eigenvalue weighted by atomic mass is 16.6. The van der Waals surface area contributed by atoms with Gasteiger partial charge in [0.25, 0.3) is 0 Å². The monoisotopic (exact) mass is 426 g/mol. The van der Waals surface area contributed by atoms with Gasteiger partial charge in [0, 0.05) is 43.7 Å². The summed E-state index contributed by atoms with van der Waals surface area (Å²) in [7, 11) is 0. The van der Waals surface area contributed by atoms with Gasteiger partial charge in [0.1, 0.15) is 12.6 Å². The number of morpholine rings is 2. The summed E-state index contributed by atoms with van der Waals surface area (Å²) >= 11 is 0. The zero-order chi connectivity index (χ0) is 22.8. The van der Waals surface area contributed by atoms with Gasteiger partial charge in [0.2, 0.25) is 0 Å². The molecular weight excluding hydrogens is 388 g/mol. The van der Waals surface area contributed by atoms with E-state index in [0.717, 1.165) is 57.5 Å². The van der Waals surface area contributed by atoms with Crippen LogP contribution in [0.4, 0.5) is 0 Å². The lowest BCUT2D eigenvalue weighted by atomic mass is 10.1. The van der Waals surface area contributed by atoms with Crippen molar-refractivity contribution in [2.45, 2.75) is 40.8 Å². The maximum absolute atomic E-state index is 11.3. The van der Waals surface area contributed by atoms with Gasteiger partial charge in [-0.2, -0.15) is 0 Å². The molecule has 0 aromatic heterocycles. The number of ether oxygens (including phenoxy) is 3. The number of hydrogen-bond acceptors (Lipinski definition) is 8. The van der Waals surface area contributed by atoms with Gasteiger partial charge in [-0.3, -0.25) is 4.90 Å². The third-order valence-electron chi connectivity index (χ3n) is 3.75. The van der Waals surface area contributed by atoms with E-state index >= 15 is 0 Å². The number of hydrogen-bond donors (Lipinski definition) is 1. The molecule has 8 heteroatoms. The average molecular weight is 427 g/mol. The quantitative estimate of drug-likeness (QED) is 0.539. The first kappa shape index (κ1) is 28.1. The van der Waals surface area contributed by atoms with Gasteiger partial charge < -0.3 is 29.1 Å². The smallest absolute Gasteiger partial charge is 0.333 e. The third kappa shape index (κ3) is 14.2. The Balaban J connectivity index is 0.000000493. The molecule has 0 amide bonds. The van der Waals surface area contributed by atoms with Crippen LogP contribution in [-0.4, -0.2) is 82.3 Å². The van der Waals surface area contributed by atoms with E-state index in [1.54, 1.807) is 6.08 Å². The Morgan fingerprint density at radius 3 is 1.97 bits per heavy atom. The van der Waals surface area contributed by atoms with Crippen molar-refractivity contribution < 1.29 is 28.6 Å². The maximum atomic E-state index is 11.3. The van der Waals surface area contributed by atoms with Crippen molar-refractivity contribution in [2.75, 3.05) is 52.6 Å². The largest absolute Gasteiger partial charge is 0.439 e. The van der Waals surface area contributed by atoms with Gasteiger partial charge >= 0.3 is 5.97 Å². The highest BCUT2D eigenvalue weighted by Gasteiger charge is 2.31. The molecule has 3 rings (SSSR count). The fourth-order valence-corrected chi connectivity index (χ4v) is 2.48. The molecule has 3 aliphatic rings. The van der Waals surface area contributed by atoms with E-state index in [9.17, 15) is 9.59 Å². The predicted octanol–water partition coefficient (Wildman–Crippen LogP) is 1.75. The minimum Gasteiger partial charge on any atom is -0.439 e. The molecule has 0 radical (unpaired) electrons. The van der Waals surface area contributed by atoms with Crippen molar-refractivity contribution in [1.29, 1.82) is 0 Å². The zero-order valence-corrected chi connectivity index (χ0v) is 19.0. The molecule has 2 fully saturated rings. The summed E-state index contributed by atoms with van der Waals surface area (Å²) in [4.78, 5) is 31.8. The SMILES string of the molecule is C1COCCN1.CC(C)=CC1=CC(=O)OC1N1CCOCC1.CC(C)C=O.CC=O. The normalized spacial score (nSPS) is 20.7. The summed E-state index contributed by atoms with van der Waals surface area (Å²) in [6.07, 6.45) is 5.03. The summed E-state index contributed by atoms with van der Waals surface area (Å²) in [5.74, 6) is -0.0426. The Labute approximate surface area is 180 Å². The molecule has 0 bridgehead atoms. The van der Waals surface area contributed by atoms with Crippen LogP contribution >= 0.6 is 0 Å². The second-order valence-electron chi connectivity index (χ2n) is 7.28. The Bertz CT molecular complexity index is 534. The topological polar surface area (TPSA) is 94.2 Å². The number of rotatable bonds is 3. The molecule has 30 heavy (non-hydrogen) atoms. The first-order valence-corrected chi connectivity index (χ1v) is 10.4. The van der Waals surface area contributed by atoms with Crippen molar-refractivity contribution in [3.8, 4) is 0 Å². The van der Waals surface area contributed by atoms with Crippen LogP contribution in [-0.2, 0) is 28.6 Å². The number of carbonyl (C=O) groups is 3. The van der Waals surface area contributed by atoms with Crippen molar-refractivity contribution in [3.63, 3.8) is 0 Å². The summed E-state index contributed by atoms with van der Waals surface area (Å²) in [5.41, 5.74) is 2.12. The predicted molar refractivity (Wildman–Crippen MR) is 116 cm³/mol. The minimum atomic E-state index is -0.246. The molecule has 0 aromatic rings. The molecule has 172 valence electrons. The van der Waals surface area contributed by atoms with E-state index in [-0.39, 0.29) is 18.1 Å². The molecule has 0 aliphatic carbocycles. The highest BCUT2D eigenvalue weighted by molar-refractivity contribution is 5.86. The minimum absolute atomic E-state index is 0.204. The molecule has 2 saturated heterocycles. The number of carbonyl (C=O) groups excluding carboxylic acids is 3. The van der Waals surface area contributed by atoms with Gasteiger partial charge in [0.15, 0.2) is 6.23 Å². The first-order valence-electron chi connectivity index (χ1n) is 10.4. The lowest BCUT2D eigenvalue weighted by Gasteiger charge is -2.31. The van der Waals surface area contributed by atoms with Gasteiger partial charge in [-0.15, -0.1) is 0 Å². The van der Waals surface area contributed by atoms with Crippen molar-refractivity contribution >= 4 is 18.5 Å². The molecule has 0 saturated carbocycles. The summed E-state index contributed by atoms with van der Waals surface area (Å²) in [6.45, 7) is 16.0. The number of aldehydes is 2. The van der Waals surface area contributed by atoms with E-state index in [1.807, 2.05) is 33.8 Å². The molecule has 0 aromatic carbocycles. The van der Waals surface area contributed by atoms with Crippen LogP contribution in [0.3, 0.4) is 0 Å². The molecule has 8 nitrogen and oxygen atoms in total. The molecule has 0 spiro atoms. The van der Waals surface area contributed by atoms with Crippen LogP contribution < -0.4 is 5.32 Å². The van der Waals surface area contributed by atoms with Crippen molar-refractivity contribution in [3.05, 3.63) is 23.3 Å². The number of allylic oxidation sites excluding steroid dienone is 1. The van der Waals surface area contributed by atoms with E-state index in [4.69, 9.17) is 19.0 Å². The highest BCUT2D eigenvalue weighted by Crippen LogP contribution is 2.22.